The van der Waals surface area contributed by atoms with Gasteiger partial charge < -0.3 is 14.4 Å². The highest BCUT2D eigenvalue weighted by Gasteiger charge is 2.40. The molecule has 0 spiro atoms. The monoisotopic (exact) mass is 269 g/mol. The zero-order chi connectivity index (χ0) is 14.0. The molecule has 2 aliphatic rings. The molecule has 19 heavy (non-hydrogen) atoms. The van der Waals surface area contributed by atoms with Crippen molar-refractivity contribution < 1.29 is 19.1 Å². The van der Waals surface area contributed by atoms with Crippen LogP contribution in [0.15, 0.2) is 0 Å². The molecule has 5 heteroatoms. The van der Waals surface area contributed by atoms with E-state index >= 15 is 0 Å². The number of likely N-dealkylation sites (tertiary alicyclic amines) is 1. The summed E-state index contributed by atoms with van der Waals surface area (Å²) >= 11 is 0. The third-order valence-electron chi connectivity index (χ3n) is 3.42. The first-order chi connectivity index (χ1) is 8.88. The standard InChI is InChI=1S/C14H23NO4/c1-14(2,3)19-13(17)10-6-4-8-15(10)12(16)11-7-5-9-18-11/h10-11H,4-9H2,1-3H3/t10-,11+/m1/s1. The second-order valence-corrected chi connectivity index (χ2v) is 6.22. The van der Waals surface area contributed by atoms with Gasteiger partial charge in [0.05, 0.1) is 0 Å². The zero-order valence-electron chi connectivity index (χ0n) is 12.0. The molecule has 2 rings (SSSR count). The molecular weight excluding hydrogens is 246 g/mol. The summed E-state index contributed by atoms with van der Waals surface area (Å²) in [4.78, 5) is 26.1. The minimum absolute atomic E-state index is 0.0501. The van der Waals surface area contributed by atoms with Crippen LogP contribution in [-0.4, -0.2) is 47.7 Å². The summed E-state index contributed by atoms with van der Waals surface area (Å²) in [6, 6.07) is -0.434. The largest absolute Gasteiger partial charge is 0.458 e. The lowest BCUT2D eigenvalue weighted by Gasteiger charge is -2.28. The van der Waals surface area contributed by atoms with Gasteiger partial charge in [-0.2, -0.15) is 0 Å². The molecule has 0 aromatic carbocycles. The van der Waals surface area contributed by atoms with E-state index in [0.29, 0.717) is 19.6 Å². The molecule has 2 heterocycles. The van der Waals surface area contributed by atoms with E-state index in [1.807, 2.05) is 20.8 Å². The quantitative estimate of drug-likeness (QED) is 0.713. The minimum Gasteiger partial charge on any atom is -0.458 e. The molecule has 2 fully saturated rings. The molecule has 0 unspecified atom stereocenters. The lowest BCUT2D eigenvalue weighted by Crippen LogP contribution is -2.47. The van der Waals surface area contributed by atoms with E-state index in [-0.39, 0.29) is 18.0 Å². The van der Waals surface area contributed by atoms with E-state index in [9.17, 15) is 9.59 Å². The van der Waals surface area contributed by atoms with Crippen molar-refractivity contribution in [3.05, 3.63) is 0 Å². The van der Waals surface area contributed by atoms with Crippen LogP contribution in [0.25, 0.3) is 0 Å². The van der Waals surface area contributed by atoms with Crippen molar-refractivity contribution in [2.24, 2.45) is 0 Å². The number of hydrogen-bond donors (Lipinski definition) is 0. The maximum Gasteiger partial charge on any atom is 0.329 e. The fraction of sp³-hybridized carbons (Fsp3) is 0.857. The second-order valence-electron chi connectivity index (χ2n) is 6.22. The molecule has 0 saturated carbocycles. The van der Waals surface area contributed by atoms with Crippen molar-refractivity contribution in [3.8, 4) is 0 Å². The Bertz CT molecular complexity index is 355. The maximum absolute atomic E-state index is 12.3. The second kappa shape index (κ2) is 5.49. The van der Waals surface area contributed by atoms with Gasteiger partial charge in [0, 0.05) is 13.2 Å². The van der Waals surface area contributed by atoms with Gasteiger partial charge in [0.2, 0.25) is 0 Å². The van der Waals surface area contributed by atoms with Crippen molar-refractivity contribution in [2.75, 3.05) is 13.2 Å². The first kappa shape index (κ1) is 14.3. The van der Waals surface area contributed by atoms with E-state index in [1.54, 1.807) is 4.90 Å². The Kier molecular flexibility index (Phi) is 4.13. The Hall–Kier alpha value is -1.10. The fourth-order valence-corrected chi connectivity index (χ4v) is 2.60. The van der Waals surface area contributed by atoms with Crippen molar-refractivity contribution in [1.82, 2.24) is 4.90 Å². The topological polar surface area (TPSA) is 55.8 Å². The molecule has 2 atom stereocenters. The van der Waals surface area contributed by atoms with Crippen LogP contribution in [0.4, 0.5) is 0 Å². The molecule has 1 amide bonds. The van der Waals surface area contributed by atoms with Gasteiger partial charge in [0.15, 0.2) is 0 Å². The minimum atomic E-state index is -0.516. The molecule has 0 aromatic heterocycles. The van der Waals surface area contributed by atoms with Crippen LogP contribution in [0.1, 0.15) is 46.5 Å². The number of carbonyl (C=O) groups is 2. The number of carbonyl (C=O) groups excluding carboxylic acids is 2. The van der Waals surface area contributed by atoms with Crippen LogP contribution in [0.3, 0.4) is 0 Å². The van der Waals surface area contributed by atoms with E-state index in [1.165, 1.54) is 0 Å². The van der Waals surface area contributed by atoms with Crippen molar-refractivity contribution in [3.63, 3.8) is 0 Å². The summed E-state index contributed by atoms with van der Waals surface area (Å²) in [5.41, 5.74) is -0.516. The third-order valence-corrected chi connectivity index (χ3v) is 3.42. The summed E-state index contributed by atoms with van der Waals surface area (Å²) in [7, 11) is 0. The molecule has 0 bridgehead atoms. The first-order valence-electron chi connectivity index (χ1n) is 7.03. The van der Waals surface area contributed by atoms with Crippen LogP contribution in [0.5, 0.6) is 0 Å². The van der Waals surface area contributed by atoms with Crippen LogP contribution in [0, 0.1) is 0 Å². The summed E-state index contributed by atoms with van der Waals surface area (Å²) in [5.74, 6) is -0.345. The summed E-state index contributed by atoms with van der Waals surface area (Å²) < 4.78 is 10.8. The Morgan fingerprint density at radius 3 is 2.53 bits per heavy atom. The van der Waals surface area contributed by atoms with Crippen LogP contribution in [0.2, 0.25) is 0 Å². The molecule has 2 saturated heterocycles. The molecule has 0 radical (unpaired) electrons. The van der Waals surface area contributed by atoms with Crippen molar-refractivity contribution in [2.45, 2.75) is 64.2 Å². The molecule has 0 aromatic rings. The number of ether oxygens (including phenoxy) is 2. The van der Waals surface area contributed by atoms with E-state index < -0.39 is 11.6 Å². The molecule has 2 aliphatic heterocycles. The van der Waals surface area contributed by atoms with Gasteiger partial charge in [-0.05, 0) is 46.5 Å². The molecule has 108 valence electrons. The molecule has 0 aliphatic carbocycles. The average Bonchev–Trinajstić information content (AvgIpc) is 2.97. The van der Waals surface area contributed by atoms with E-state index in [2.05, 4.69) is 0 Å². The number of rotatable bonds is 2. The lowest BCUT2D eigenvalue weighted by molar-refractivity contribution is -0.165. The Labute approximate surface area is 114 Å². The Morgan fingerprint density at radius 1 is 1.21 bits per heavy atom. The highest BCUT2D eigenvalue weighted by atomic mass is 16.6. The molecular formula is C14H23NO4. The van der Waals surface area contributed by atoms with Crippen LogP contribution in [-0.2, 0) is 19.1 Å². The van der Waals surface area contributed by atoms with E-state index in [0.717, 1.165) is 19.3 Å². The van der Waals surface area contributed by atoms with Crippen molar-refractivity contribution >= 4 is 11.9 Å². The predicted molar refractivity (Wildman–Crippen MR) is 69.6 cm³/mol. The molecule has 5 nitrogen and oxygen atoms in total. The fourth-order valence-electron chi connectivity index (χ4n) is 2.60. The zero-order valence-corrected chi connectivity index (χ0v) is 12.0. The van der Waals surface area contributed by atoms with Gasteiger partial charge in [0.1, 0.15) is 17.7 Å². The highest BCUT2D eigenvalue weighted by Crippen LogP contribution is 2.24. The number of hydrogen-bond acceptors (Lipinski definition) is 4. The first-order valence-corrected chi connectivity index (χ1v) is 7.03. The Balaban J connectivity index is 2.00. The van der Waals surface area contributed by atoms with Gasteiger partial charge in [-0.15, -0.1) is 0 Å². The normalized spacial score (nSPS) is 27.6. The smallest absolute Gasteiger partial charge is 0.329 e. The van der Waals surface area contributed by atoms with Gasteiger partial charge >= 0.3 is 5.97 Å². The van der Waals surface area contributed by atoms with Gasteiger partial charge in [-0.3, -0.25) is 4.79 Å². The van der Waals surface area contributed by atoms with Crippen molar-refractivity contribution in [1.29, 1.82) is 0 Å². The number of esters is 1. The average molecular weight is 269 g/mol. The maximum atomic E-state index is 12.3. The SMILES string of the molecule is CC(C)(C)OC(=O)[C@H]1CCCN1C(=O)[C@@H]1CCCO1. The predicted octanol–water partition coefficient (Wildman–Crippen LogP) is 1.50. The van der Waals surface area contributed by atoms with E-state index in [4.69, 9.17) is 9.47 Å². The summed E-state index contributed by atoms with van der Waals surface area (Å²) in [6.45, 7) is 6.79. The van der Waals surface area contributed by atoms with Gasteiger partial charge in [-0.1, -0.05) is 0 Å². The van der Waals surface area contributed by atoms with Crippen LogP contribution >= 0.6 is 0 Å². The van der Waals surface area contributed by atoms with Gasteiger partial charge in [0.25, 0.3) is 5.91 Å². The Morgan fingerprint density at radius 2 is 1.95 bits per heavy atom. The van der Waals surface area contributed by atoms with Gasteiger partial charge in [-0.25, -0.2) is 4.79 Å². The number of amides is 1. The lowest BCUT2D eigenvalue weighted by atomic mass is 10.1. The molecule has 0 N–H and O–H groups in total. The van der Waals surface area contributed by atoms with Crippen LogP contribution < -0.4 is 0 Å². The third kappa shape index (κ3) is 3.47. The number of nitrogens with zero attached hydrogens (tertiary/aromatic N) is 1. The highest BCUT2D eigenvalue weighted by molar-refractivity contribution is 5.87. The summed E-state index contributed by atoms with van der Waals surface area (Å²) in [6.07, 6.45) is 2.86. The summed E-state index contributed by atoms with van der Waals surface area (Å²) in [5, 5.41) is 0.